The van der Waals surface area contributed by atoms with E-state index in [1.54, 1.807) is 12.3 Å². The highest BCUT2D eigenvalue weighted by atomic mass is 16.3. The zero-order valence-corrected chi connectivity index (χ0v) is 9.64. The van der Waals surface area contributed by atoms with Gasteiger partial charge in [-0.25, -0.2) is 4.98 Å². The van der Waals surface area contributed by atoms with Gasteiger partial charge in [0, 0.05) is 24.3 Å². The molecule has 0 saturated carbocycles. The number of pyridine rings is 1. The topological polar surface area (TPSA) is 86.2 Å². The fourth-order valence-corrected chi connectivity index (χ4v) is 1.46. The maximum absolute atomic E-state index is 8.97. The zero-order valence-electron chi connectivity index (χ0n) is 9.64. The summed E-state index contributed by atoms with van der Waals surface area (Å²) in [5.74, 6) is 0.798. The molecule has 0 saturated heterocycles. The van der Waals surface area contributed by atoms with E-state index in [0.717, 1.165) is 5.82 Å². The number of amidine groups is 1. The van der Waals surface area contributed by atoms with Crippen molar-refractivity contribution in [2.24, 2.45) is 5.73 Å². The molecule has 0 amide bonds. The Kier molecular flexibility index (Phi) is 4.25. The summed E-state index contributed by atoms with van der Waals surface area (Å²) in [5.41, 5.74) is 5.96. The number of nitrogen functional groups attached to an aromatic ring is 1. The quantitative estimate of drug-likeness (QED) is 0.502. The summed E-state index contributed by atoms with van der Waals surface area (Å²) in [6, 6.07) is 3.84. The van der Waals surface area contributed by atoms with E-state index in [2.05, 4.69) is 4.98 Å². The van der Waals surface area contributed by atoms with E-state index in [9.17, 15) is 0 Å². The van der Waals surface area contributed by atoms with Crippen molar-refractivity contribution >= 4 is 11.7 Å². The van der Waals surface area contributed by atoms with Gasteiger partial charge >= 0.3 is 0 Å². The van der Waals surface area contributed by atoms with Crippen LogP contribution in [0, 0.1) is 5.41 Å². The second kappa shape index (κ2) is 5.46. The van der Waals surface area contributed by atoms with Crippen LogP contribution in [0.25, 0.3) is 0 Å². The number of aliphatic hydroxyl groups is 1. The summed E-state index contributed by atoms with van der Waals surface area (Å²) in [7, 11) is 0. The van der Waals surface area contributed by atoms with Crippen molar-refractivity contribution in [3.05, 3.63) is 23.9 Å². The molecule has 0 aromatic carbocycles. The zero-order chi connectivity index (χ0) is 12.1. The fourth-order valence-electron chi connectivity index (χ4n) is 1.46. The molecule has 0 fully saturated rings. The molecule has 1 heterocycles. The molecular weight excluding hydrogens is 204 g/mol. The molecule has 0 radical (unpaired) electrons. The van der Waals surface area contributed by atoms with E-state index in [1.165, 1.54) is 0 Å². The monoisotopic (exact) mass is 222 g/mol. The maximum atomic E-state index is 8.97. The molecule has 16 heavy (non-hydrogen) atoms. The molecule has 0 atom stereocenters. The van der Waals surface area contributed by atoms with Crippen molar-refractivity contribution in [1.29, 1.82) is 5.41 Å². The van der Waals surface area contributed by atoms with Crippen molar-refractivity contribution in [1.82, 2.24) is 4.98 Å². The summed E-state index contributed by atoms with van der Waals surface area (Å²) in [4.78, 5) is 6.22. The molecule has 0 bridgehead atoms. The minimum Gasteiger partial charge on any atom is -0.395 e. The Morgan fingerprint density at radius 1 is 1.56 bits per heavy atom. The molecule has 5 heteroatoms. The number of hydrogen-bond acceptors (Lipinski definition) is 4. The Hall–Kier alpha value is -1.62. The van der Waals surface area contributed by atoms with E-state index in [0.29, 0.717) is 12.1 Å². The van der Waals surface area contributed by atoms with Gasteiger partial charge < -0.3 is 15.7 Å². The Morgan fingerprint density at radius 3 is 2.62 bits per heavy atom. The van der Waals surface area contributed by atoms with Crippen LogP contribution in [-0.2, 0) is 0 Å². The Morgan fingerprint density at radius 2 is 2.25 bits per heavy atom. The molecule has 0 aliphatic heterocycles. The Labute approximate surface area is 95.4 Å². The predicted octanol–water partition coefficient (Wildman–Crippen LogP) is 0.573. The van der Waals surface area contributed by atoms with Gasteiger partial charge in [0.2, 0.25) is 0 Å². The number of aromatic nitrogens is 1. The molecule has 0 unspecified atom stereocenters. The van der Waals surface area contributed by atoms with E-state index >= 15 is 0 Å². The third kappa shape index (κ3) is 2.93. The highest BCUT2D eigenvalue weighted by Crippen LogP contribution is 2.13. The van der Waals surface area contributed by atoms with Crippen LogP contribution >= 0.6 is 0 Å². The van der Waals surface area contributed by atoms with Crippen LogP contribution < -0.4 is 10.6 Å². The number of hydrogen-bond donors (Lipinski definition) is 3. The van der Waals surface area contributed by atoms with Crippen molar-refractivity contribution in [3.8, 4) is 0 Å². The standard InChI is InChI=1S/C11H18N4O/c1-8(2)15(5-6-16)10-4-3-9(7-14-10)11(12)13/h3-4,7-8,16H,5-6H2,1-2H3,(H3,12,13). The largest absolute Gasteiger partial charge is 0.395 e. The Balaban J connectivity index is 2.89. The van der Waals surface area contributed by atoms with Crippen LogP contribution in [0.1, 0.15) is 19.4 Å². The lowest BCUT2D eigenvalue weighted by Gasteiger charge is -2.27. The van der Waals surface area contributed by atoms with Gasteiger partial charge in [-0.15, -0.1) is 0 Å². The highest BCUT2D eigenvalue weighted by Gasteiger charge is 2.11. The lowest BCUT2D eigenvalue weighted by atomic mass is 10.2. The summed E-state index contributed by atoms with van der Waals surface area (Å²) >= 11 is 0. The molecule has 1 aromatic rings. The lowest BCUT2D eigenvalue weighted by molar-refractivity contribution is 0.298. The van der Waals surface area contributed by atoms with Gasteiger partial charge in [-0.2, -0.15) is 0 Å². The molecule has 4 N–H and O–H groups in total. The minimum atomic E-state index is 0.0114. The third-order valence-corrected chi connectivity index (χ3v) is 2.32. The van der Waals surface area contributed by atoms with Gasteiger partial charge in [0.15, 0.2) is 0 Å². The van der Waals surface area contributed by atoms with E-state index < -0.39 is 0 Å². The van der Waals surface area contributed by atoms with Crippen molar-refractivity contribution in [2.45, 2.75) is 19.9 Å². The van der Waals surface area contributed by atoms with Gasteiger partial charge in [-0.05, 0) is 26.0 Å². The highest BCUT2D eigenvalue weighted by molar-refractivity contribution is 5.94. The molecular formula is C11H18N4O. The molecule has 1 aromatic heterocycles. The van der Waals surface area contributed by atoms with Crippen LogP contribution in [0.2, 0.25) is 0 Å². The van der Waals surface area contributed by atoms with Gasteiger partial charge in [0.25, 0.3) is 0 Å². The van der Waals surface area contributed by atoms with Crippen LogP contribution in [-0.4, -0.2) is 35.1 Å². The van der Waals surface area contributed by atoms with Crippen molar-refractivity contribution in [2.75, 3.05) is 18.1 Å². The SMILES string of the molecule is CC(C)N(CCO)c1ccc(C(=N)N)cn1. The average Bonchev–Trinajstić information content (AvgIpc) is 2.25. The summed E-state index contributed by atoms with van der Waals surface area (Å²) in [5, 5.41) is 16.2. The van der Waals surface area contributed by atoms with Gasteiger partial charge in [0.1, 0.15) is 11.7 Å². The lowest BCUT2D eigenvalue weighted by Crippen LogP contribution is -2.34. The molecule has 0 aliphatic carbocycles. The van der Waals surface area contributed by atoms with Crippen LogP contribution in [0.4, 0.5) is 5.82 Å². The average molecular weight is 222 g/mol. The first-order chi connectivity index (χ1) is 7.56. The first-order valence-corrected chi connectivity index (χ1v) is 5.24. The molecule has 5 nitrogen and oxygen atoms in total. The maximum Gasteiger partial charge on any atom is 0.128 e. The number of aliphatic hydroxyl groups excluding tert-OH is 1. The Bertz CT molecular complexity index is 348. The molecule has 88 valence electrons. The van der Waals surface area contributed by atoms with Gasteiger partial charge in [0.05, 0.1) is 6.61 Å². The van der Waals surface area contributed by atoms with Crippen LogP contribution in [0.15, 0.2) is 18.3 Å². The summed E-state index contributed by atoms with van der Waals surface area (Å²) in [6.45, 7) is 4.71. The van der Waals surface area contributed by atoms with E-state index in [1.807, 2.05) is 24.8 Å². The first kappa shape index (κ1) is 12.4. The number of anilines is 1. The number of rotatable bonds is 5. The normalized spacial score (nSPS) is 10.5. The van der Waals surface area contributed by atoms with Crippen molar-refractivity contribution in [3.63, 3.8) is 0 Å². The van der Waals surface area contributed by atoms with E-state index in [-0.39, 0.29) is 18.5 Å². The predicted molar refractivity (Wildman–Crippen MR) is 64.8 cm³/mol. The van der Waals surface area contributed by atoms with Crippen LogP contribution in [0.3, 0.4) is 0 Å². The van der Waals surface area contributed by atoms with Crippen LogP contribution in [0.5, 0.6) is 0 Å². The summed E-state index contributed by atoms with van der Waals surface area (Å²) < 4.78 is 0. The van der Waals surface area contributed by atoms with Gasteiger partial charge in [-0.1, -0.05) is 0 Å². The fraction of sp³-hybridized carbons (Fsp3) is 0.455. The number of nitrogens with two attached hydrogens (primary N) is 1. The molecule has 0 spiro atoms. The van der Waals surface area contributed by atoms with Crippen molar-refractivity contribution < 1.29 is 5.11 Å². The minimum absolute atomic E-state index is 0.0114. The summed E-state index contributed by atoms with van der Waals surface area (Å²) in [6.07, 6.45) is 1.57. The number of nitrogens with one attached hydrogen (secondary N) is 1. The number of nitrogens with zero attached hydrogens (tertiary/aromatic N) is 2. The smallest absolute Gasteiger partial charge is 0.128 e. The third-order valence-electron chi connectivity index (χ3n) is 2.32. The second-order valence-corrected chi connectivity index (χ2v) is 3.83. The second-order valence-electron chi connectivity index (χ2n) is 3.83. The van der Waals surface area contributed by atoms with Gasteiger partial charge in [-0.3, -0.25) is 5.41 Å². The molecule has 1 rings (SSSR count). The molecule has 0 aliphatic rings. The first-order valence-electron chi connectivity index (χ1n) is 5.24. The van der Waals surface area contributed by atoms with E-state index in [4.69, 9.17) is 16.2 Å².